The average molecular weight is 215 g/mol. The first kappa shape index (κ1) is 13.4. The van der Waals surface area contributed by atoms with Crippen LogP contribution in [0.5, 0.6) is 0 Å². The molecule has 0 saturated heterocycles. The molecule has 0 amide bonds. The van der Waals surface area contributed by atoms with Crippen molar-refractivity contribution in [1.29, 1.82) is 0 Å². The van der Waals surface area contributed by atoms with E-state index in [0.29, 0.717) is 5.92 Å². The smallest absolute Gasteiger partial charge is 0.00976 e. The second kappa shape index (κ2) is 7.80. The van der Waals surface area contributed by atoms with Gasteiger partial charge in [-0.2, -0.15) is 0 Å². The molecular weight excluding hydrogens is 196 g/mol. The van der Waals surface area contributed by atoms with Crippen LogP contribution in [0.25, 0.3) is 0 Å². The maximum Gasteiger partial charge on any atom is 0.00976 e. The highest BCUT2D eigenvalue weighted by Gasteiger charge is 2.02. The fourth-order valence-corrected chi connectivity index (χ4v) is 1.46. The lowest BCUT2D eigenvalue weighted by atomic mass is 9.96. The highest BCUT2D eigenvalue weighted by Crippen LogP contribution is 2.19. The van der Waals surface area contributed by atoms with Gasteiger partial charge in [-0.1, -0.05) is 37.3 Å². The number of rotatable bonds is 5. The number of hydrazine groups is 1. The lowest BCUT2D eigenvalue weighted by Crippen LogP contribution is -2.23. The maximum absolute atomic E-state index is 5.20. The van der Waals surface area contributed by atoms with Crippen LogP contribution in [0.1, 0.15) is 31.2 Å². The molecule has 3 heteroatoms. The number of hydrogen-bond acceptors (Lipinski definition) is 2. The van der Waals surface area contributed by atoms with Gasteiger partial charge in [0.15, 0.2) is 0 Å². The largest absolute Gasteiger partial charge is 0.271 e. The van der Waals surface area contributed by atoms with Crippen molar-refractivity contribution < 1.29 is 0 Å². The molecule has 1 rings (SSSR count). The molecule has 0 aromatic heterocycles. The van der Waals surface area contributed by atoms with Crippen LogP contribution in [-0.4, -0.2) is 6.54 Å². The fraction of sp³-hybridized carbons (Fsp3) is 0.455. The van der Waals surface area contributed by atoms with Gasteiger partial charge in [-0.25, -0.2) is 0 Å². The topological polar surface area (TPSA) is 38.0 Å². The van der Waals surface area contributed by atoms with Gasteiger partial charge in [-0.15, -0.1) is 12.4 Å². The molecule has 0 heterocycles. The number of benzene rings is 1. The number of halogens is 1. The van der Waals surface area contributed by atoms with E-state index in [1.54, 1.807) is 0 Å². The van der Waals surface area contributed by atoms with Crippen molar-refractivity contribution in [3.63, 3.8) is 0 Å². The van der Waals surface area contributed by atoms with Crippen molar-refractivity contribution in [2.45, 2.75) is 25.7 Å². The van der Waals surface area contributed by atoms with Gasteiger partial charge in [0.05, 0.1) is 0 Å². The van der Waals surface area contributed by atoms with Gasteiger partial charge in [-0.3, -0.25) is 11.3 Å². The molecule has 0 aliphatic heterocycles. The zero-order valence-corrected chi connectivity index (χ0v) is 9.39. The number of hydrogen-bond donors (Lipinski definition) is 2. The van der Waals surface area contributed by atoms with E-state index >= 15 is 0 Å². The highest BCUT2D eigenvalue weighted by molar-refractivity contribution is 5.85. The highest BCUT2D eigenvalue weighted by atomic mass is 35.5. The Hall–Kier alpha value is -0.570. The summed E-state index contributed by atoms with van der Waals surface area (Å²) < 4.78 is 0. The van der Waals surface area contributed by atoms with Crippen LogP contribution < -0.4 is 11.3 Å². The summed E-state index contributed by atoms with van der Waals surface area (Å²) in [6.07, 6.45) is 2.32. The predicted molar refractivity (Wildman–Crippen MR) is 63.5 cm³/mol. The molecule has 0 saturated carbocycles. The normalized spacial score (nSPS) is 11.9. The summed E-state index contributed by atoms with van der Waals surface area (Å²) in [5.41, 5.74) is 4.09. The van der Waals surface area contributed by atoms with Crippen LogP contribution in [0, 0.1) is 0 Å². The monoisotopic (exact) mass is 214 g/mol. The molecule has 0 spiro atoms. The summed E-state index contributed by atoms with van der Waals surface area (Å²) in [7, 11) is 0. The lowest BCUT2D eigenvalue weighted by molar-refractivity contribution is 0.591. The first-order chi connectivity index (χ1) is 6.34. The average Bonchev–Trinajstić information content (AvgIpc) is 2.19. The van der Waals surface area contributed by atoms with Gasteiger partial charge in [0, 0.05) is 6.54 Å². The molecule has 1 aromatic rings. The molecule has 1 aromatic carbocycles. The molecule has 14 heavy (non-hydrogen) atoms. The van der Waals surface area contributed by atoms with Crippen LogP contribution >= 0.6 is 12.4 Å². The zero-order chi connectivity index (χ0) is 9.52. The Morgan fingerprint density at radius 2 is 1.93 bits per heavy atom. The Kier molecular flexibility index (Phi) is 7.48. The fourth-order valence-electron chi connectivity index (χ4n) is 1.46. The molecule has 3 N–H and O–H groups in total. The Morgan fingerprint density at radius 3 is 2.50 bits per heavy atom. The lowest BCUT2D eigenvalue weighted by Gasteiger charge is -2.10. The second-order valence-corrected chi connectivity index (χ2v) is 3.41. The first-order valence-electron chi connectivity index (χ1n) is 4.83. The SMILES string of the molecule is CC(CCCNN)c1ccccc1.Cl. The molecule has 1 atom stereocenters. The van der Waals surface area contributed by atoms with Gasteiger partial charge in [0.2, 0.25) is 0 Å². The molecular formula is C11H19ClN2. The van der Waals surface area contributed by atoms with Gasteiger partial charge in [-0.05, 0) is 24.3 Å². The summed E-state index contributed by atoms with van der Waals surface area (Å²) in [6, 6.07) is 10.6. The van der Waals surface area contributed by atoms with Crippen LogP contribution in [0.4, 0.5) is 0 Å². The summed E-state index contributed by atoms with van der Waals surface area (Å²) in [6.45, 7) is 3.16. The molecule has 0 fully saturated rings. The van der Waals surface area contributed by atoms with E-state index in [1.807, 2.05) is 0 Å². The molecule has 0 radical (unpaired) electrons. The van der Waals surface area contributed by atoms with E-state index in [-0.39, 0.29) is 12.4 Å². The van der Waals surface area contributed by atoms with Gasteiger partial charge < -0.3 is 0 Å². The summed E-state index contributed by atoms with van der Waals surface area (Å²) in [5.74, 6) is 5.84. The third kappa shape index (κ3) is 4.61. The van der Waals surface area contributed by atoms with E-state index in [0.717, 1.165) is 13.0 Å². The van der Waals surface area contributed by atoms with Crippen LogP contribution in [0.2, 0.25) is 0 Å². The Balaban J connectivity index is 0.00000169. The third-order valence-electron chi connectivity index (χ3n) is 2.33. The van der Waals surface area contributed by atoms with Crippen LogP contribution in [-0.2, 0) is 0 Å². The van der Waals surface area contributed by atoms with Crippen LogP contribution in [0.3, 0.4) is 0 Å². The van der Waals surface area contributed by atoms with Crippen LogP contribution in [0.15, 0.2) is 30.3 Å². The maximum atomic E-state index is 5.20. The van der Waals surface area contributed by atoms with E-state index < -0.39 is 0 Å². The van der Waals surface area contributed by atoms with E-state index in [9.17, 15) is 0 Å². The standard InChI is InChI=1S/C11H18N2.ClH/c1-10(6-5-9-13-12)11-7-3-2-4-8-11;/h2-4,7-8,10,13H,5-6,9,12H2,1H3;1H. The van der Waals surface area contributed by atoms with Crippen molar-refractivity contribution in [1.82, 2.24) is 5.43 Å². The molecule has 80 valence electrons. The van der Waals surface area contributed by atoms with E-state index in [4.69, 9.17) is 5.84 Å². The van der Waals surface area contributed by atoms with E-state index in [1.165, 1.54) is 12.0 Å². The van der Waals surface area contributed by atoms with Crippen molar-refractivity contribution in [3.8, 4) is 0 Å². The van der Waals surface area contributed by atoms with Crippen molar-refractivity contribution in [2.24, 2.45) is 5.84 Å². The minimum absolute atomic E-state index is 0. The Bertz CT molecular complexity index is 226. The number of nitrogens with one attached hydrogen (secondary N) is 1. The Morgan fingerprint density at radius 1 is 1.29 bits per heavy atom. The summed E-state index contributed by atoms with van der Waals surface area (Å²) >= 11 is 0. The van der Waals surface area contributed by atoms with Crippen molar-refractivity contribution in [2.75, 3.05) is 6.54 Å². The number of nitrogens with two attached hydrogens (primary N) is 1. The Labute approximate surface area is 92.3 Å². The molecule has 0 bridgehead atoms. The first-order valence-corrected chi connectivity index (χ1v) is 4.83. The quantitative estimate of drug-likeness (QED) is 0.449. The minimum Gasteiger partial charge on any atom is -0.271 e. The van der Waals surface area contributed by atoms with E-state index in [2.05, 4.69) is 42.7 Å². The van der Waals surface area contributed by atoms with Crippen molar-refractivity contribution in [3.05, 3.63) is 35.9 Å². The van der Waals surface area contributed by atoms with Gasteiger partial charge in [0.25, 0.3) is 0 Å². The third-order valence-corrected chi connectivity index (χ3v) is 2.33. The van der Waals surface area contributed by atoms with Gasteiger partial charge >= 0.3 is 0 Å². The summed E-state index contributed by atoms with van der Waals surface area (Å²) in [5, 5.41) is 0. The predicted octanol–water partition coefficient (Wildman–Crippen LogP) is 2.46. The second-order valence-electron chi connectivity index (χ2n) is 3.41. The molecule has 2 nitrogen and oxygen atoms in total. The molecule has 0 aliphatic rings. The van der Waals surface area contributed by atoms with Crippen molar-refractivity contribution >= 4 is 12.4 Å². The van der Waals surface area contributed by atoms with Gasteiger partial charge in [0.1, 0.15) is 0 Å². The molecule has 0 aliphatic carbocycles. The zero-order valence-electron chi connectivity index (χ0n) is 8.57. The molecule has 1 unspecified atom stereocenters. The minimum atomic E-state index is 0. The summed E-state index contributed by atoms with van der Waals surface area (Å²) in [4.78, 5) is 0.